The van der Waals surface area contributed by atoms with Crippen molar-refractivity contribution in [1.29, 1.82) is 5.26 Å². The Labute approximate surface area is 97.4 Å². The Kier molecular flexibility index (Phi) is 5.87. The van der Waals surface area contributed by atoms with E-state index in [9.17, 15) is 4.79 Å². The molecule has 1 aliphatic rings. The van der Waals surface area contributed by atoms with Crippen LogP contribution in [0.3, 0.4) is 0 Å². The monoisotopic (exact) mass is 223 g/mol. The number of amides is 1. The molecule has 0 saturated heterocycles. The maximum Gasteiger partial charge on any atom is 0.233 e. The molecule has 90 valence electrons. The summed E-state index contributed by atoms with van der Waals surface area (Å²) in [4.78, 5) is 11.4. The van der Waals surface area contributed by atoms with E-state index in [1.807, 2.05) is 6.07 Å². The van der Waals surface area contributed by atoms with Crippen molar-refractivity contribution in [3.8, 4) is 6.07 Å². The molecule has 0 aromatic heterocycles. The lowest BCUT2D eigenvalue weighted by atomic mass is 10.00. The molecule has 0 spiro atoms. The van der Waals surface area contributed by atoms with Crippen molar-refractivity contribution >= 4 is 5.91 Å². The summed E-state index contributed by atoms with van der Waals surface area (Å²) in [5.74, 6) is 0.715. The van der Waals surface area contributed by atoms with Gasteiger partial charge in [0.05, 0.1) is 19.0 Å². The molecule has 0 radical (unpaired) electrons. The first-order chi connectivity index (χ1) is 7.74. The third kappa shape index (κ3) is 4.63. The number of hydrogen-bond donors (Lipinski definition) is 2. The predicted octanol–water partition coefficient (Wildman–Crippen LogP) is 1.18. The molecule has 4 nitrogen and oxygen atoms in total. The number of carbonyl (C=O) groups is 1. The van der Waals surface area contributed by atoms with Crippen molar-refractivity contribution in [3.05, 3.63) is 0 Å². The van der Waals surface area contributed by atoms with Gasteiger partial charge < -0.3 is 10.6 Å². The van der Waals surface area contributed by atoms with E-state index in [2.05, 4.69) is 17.6 Å². The first kappa shape index (κ1) is 13.0. The fourth-order valence-electron chi connectivity index (χ4n) is 2.20. The summed E-state index contributed by atoms with van der Waals surface area (Å²) in [5.41, 5.74) is 0. The SMILES string of the molecule is CC(NCC(=O)NCCC#N)C1CCCC1. The van der Waals surface area contributed by atoms with Crippen LogP contribution < -0.4 is 10.6 Å². The molecule has 0 aromatic rings. The van der Waals surface area contributed by atoms with Gasteiger partial charge in [-0.3, -0.25) is 4.79 Å². The van der Waals surface area contributed by atoms with E-state index in [1.54, 1.807) is 0 Å². The molecular formula is C12H21N3O. The first-order valence-corrected chi connectivity index (χ1v) is 6.11. The van der Waals surface area contributed by atoms with Gasteiger partial charge in [0.25, 0.3) is 0 Å². The lowest BCUT2D eigenvalue weighted by Crippen LogP contribution is -2.40. The minimum Gasteiger partial charge on any atom is -0.354 e. The summed E-state index contributed by atoms with van der Waals surface area (Å²) in [7, 11) is 0. The zero-order chi connectivity index (χ0) is 11.8. The third-order valence-corrected chi connectivity index (χ3v) is 3.25. The average Bonchev–Trinajstić information content (AvgIpc) is 2.79. The van der Waals surface area contributed by atoms with E-state index >= 15 is 0 Å². The van der Waals surface area contributed by atoms with Crippen molar-refractivity contribution in [3.63, 3.8) is 0 Å². The molecule has 1 unspecified atom stereocenters. The largest absolute Gasteiger partial charge is 0.354 e. The molecular weight excluding hydrogens is 202 g/mol. The van der Waals surface area contributed by atoms with Crippen LogP contribution >= 0.6 is 0 Å². The smallest absolute Gasteiger partial charge is 0.233 e. The molecule has 1 amide bonds. The average molecular weight is 223 g/mol. The van der Waals surface area contributed by atoms with Gasteiger partial charge in [0.2, 0.25) is 5.91 Å². The molecule has 1 fully saturated rings. The molecule has 0 aromatic carbocycles. The molecule has 16 heavy (non-hydrogen) atoms. The summed E-state index contributed by atoms with van der Waals surface area (Å²) in [6, 6.07) is 2.42. The van der Waals surface area contributed by atoms with Crippen molar-refractivity contribution in [1.82, 2.24) is 10.6 Å². The number of carbonyl (C=O) groups excluding carboxylic acids is 1. The van der Waals surface area contributed by atoms with Crippen LogP contribution in [0.5, 0.6) is 0 Å². The predicted molar refractivity (Wildman–Crippen MR) is 62.7 cm³/mol. The zero-order valence-corrected chi connectivity index (χ0v) is 9.96. The van der Waals surface area contributed by atoms with Crippen LogP contribution in [-0.2, 0) is 4.79 Å². The number of nitrogens with zero attached hydrogens (tertiary/aromatic N) is 1. The molecule has 1 saturated carbocycles. The second-order valence-corrected chi connectivity index (χ2v) is 4.47. The van der Waals surface area contributed by atoms with Crippen LogP contribution in [0, 0.1) is 17.2 Å². The van der Waals surface area contributed by atoms with Crippen LogP contribution in [0.1, 0.15) is 39.0 Å². The lowest BCUT2D eigenvalue weighted by Gasteiger charge is -2.19. The van der Waals surface area contributed by atoms with Gasteiger partial charge in [-0.2, -0.15) is 5.26 Å². The quantitative estimate of drug-likeness (QED) is 0.665. The fourth-order valence-corrected chi connectivity index (χ4v) is 2.20. The summed E-state index contributed by atoms with van der Waals surface area (Å²) in [6.07, 6.45) is 5.59. The van der Waals surface area contributed by atoms with Crippen LogP contribution in [0.2, 0.25) is 0 Å². The Morgan fingerprint density at radius 3 is 2.81 bits per heavy atom. The van der Waals surface area contributed by atoms with Crippen molar-refractivity contribution in [2.75, 3.05) is 13.1 Å². The Morgan fingerprint density at radius 2 is 2.19 bits per heavy atom. The van der Waals surface area contributed by atoms with Crippen LogP contribution in [-0.4, -0.2) is 25.0 Å². The van der Waals surface area contributed by atoms with E-state index in [0.717, 1.165) is 5.92 Å². The van der Waals surface area contributed by atoms with Crippen molar-refractivity contribution in [2.45, 2.75) is 45.1 Å². The number of nitrogens with one attached hydrogen (secondary N) is 2. The van der Waals surface area contributed by atoms with E-state index in [-0.39, 0.29) is 5.91 Å². The normalized spacial score (nSPS) is 18.0. The highest BCUT2D eigenvalue weighted by Crippen LogP contribution is 2.27. The minimum absolute atomic E-state index is 0.0138. The second-order valence-electron chi connectivity index (χ2n) is 4.47. The van der Waals surface area contributed by atoms with Crippen LogP contribution in [0.25, 0.3) is 0 Å². The molecule has 0 bridgehead atoms. The molecule has 4 heteroatoms. The third-order valence-electron chi connectivity index (χ3n) is 3.25. The van der Waals surface area contributed by atoms with Crippen molar-refractivity contribution < 1.29 is 4.79 Å². The maximum absolute atomic E-state index is 11.4. The Balaban J connectivity index is 2.08. The molecule has 0 heterocycles. The molecule has 1 aliphatic carbocycles. The minimum atomic E-state index is -0.0138. The summed E-state index contributed by atoms with van der Waals surface area (Å²) >= 11 is 0. The van der Waals surface area contributed by atoms with Crippen molar-refractivity contribution in [2.24, 2.45) is 5.92 Å². The standard InChI is InChI=1S/C12H21N3O/c1-10(11-5-2-3-6-11)15-9-12(16)14-8-4-7-13/h10-11,15H,2-6,8-9H2,1H3,(H,14,16). The Morgan fingerprint density at radius 1 is 1.50 bits per heavy atom. The fraction of sp³-hybridized carbons (Fsp3) is 0.833. The molecule has 2 N–H and O–H groups in total. The molecule has 0 aliphatic heterocycles. The van der Waals surface area contributed by atoms with Gasteiger partial charge in [-0.1, -0.05) is 12.8 Å². The van der Waals surface area contributed by atoms with Gasteiger partial charge in [-0.25, -0.2) is 0 Å². The second kappa shape index (κ2) is 7.24. The van der Waals surface area contributed by atoms with Gasteiger partial charge >= 0.3 is 0 Å². The number of hydrogen-bond acceptors (Lipinski definition) is 3. The Bertz CT molecular complexity index is 253. The number of rotatable bonds is 6. The molecule has 1 rings (SSSR count). The van der Waals surface area contributed by atoms with Crippen LogP contribution in [0.4, 0.5) is 0 Å². The first-order valence-electron chi connectivity index (χ1n) is 6.11. The van der Waals surface area contributed by atoms with Gasteiger partial charge in [-0.05, 0) is 25.7 Å². The van der Waals surface area contributed by atoms with Gasteiger partial charge in [-0.15, -0.1) is 0 Å². The van der Waals surface area contributed by atoms with E-state index in [4.69, 9.17) is 5.26 Å². The van der Waals surface area contributed by atoms with E-state index in [0.29, 0.717) is 25.6 Å². The highest BCUT2D eigenvalue weighted by molar-refractivity contribution is 5.77. The van der Waals surface area contributed by atoms with E-state index < -0.39 is 0 Å². The highest BCUT2D eigenvalue weighted by atomic mass is 16.1. The van der Waals surface area contributed by atoms with Crippen LogP contribution in [0.15, 0.2) is 0 Å². The van der Waals surface area contributed by atoms with Gasteiger partial charge in [0, 0.05) is 12.6 Å². The Hall–Kier alpha value is -1.08. The summed E-state index contributed by atoms with van der Waals surface area (Å²) in [6.45, 7) is 2.97. The van der Waals surface area contributed by atoms with Gasteiger partial charge in [0.15, 0.2) is 0 Å². The number of nitriles is 1. The molecule has 1 atom stereocenters. The zero-order valence-electron chi connectivity index (χ0n) is 9.96. The summed E-state index contributed by atoms with van der Waals surface area (Å²) < 4.78 is 0. The topological polar surface area (TPSA) is 64.9 Å². The summed E-state index contributed by atoms with van der Waals surface area (Å²) in [5, 5.41) is 14.3. The van der Waals surface area contributed by atoms with E-state index in [1.165, 1.54) is 25.7 Å². The van der Waals surface area contributed by atoms with Gasteiger partial charge in [0.1, 0.15) is 0 Å². The maximum atomic E-state index is 11.4. The highest BCUT2D eigenvalue weighted by Gasteiger charge is 2.21. The lowest BCUT2D eigenvalue weighted by molar-refractivity contribution is -0.120.